The maximum Gasteiger partial charge on any atom is 0.263 e. The number of aromatic nitrogens is 4. The second-order valence-corrected chi connectivity index (χ2v) is 7.32. The Hall–Kier alpha value is -2.63. The highest BCUT2D eigenvalue weighted by Crippen LogP contribution is 2.41. The standard InChI is InChI=1S/C19H21N5O/c1-11-8-14(13-4-5-13)9-12(2)16(11)24-10-15-17(22-24)20-19(21-18(15)25)23-6-3-7-23/h8-10,13H,3-7H2,1-2H3,(H,20,21,22,25). The molecule has 0 spiro atoms. The molecule has 1 aliphatic heterocycles. The summed E-state index contributed by atoms with van der Waals surface area (Å²) in [6.45, 7) is 6.11. The monoisotopic (exact) mass is 335 g/mol. The van der Waals surface area contributed by atoms with E-state index in [1.807, 2.05) is 4.68 Å². The predicted molar refractivity (Wildman–Crippen MR) is 97.8 cm³/mol. The molecular weight excluding hydrogens is 314 g/mol. The van der Waals surface area contributed by atoms with Crippen LogP contribution >= 0.6 is 0 Å². The number of hydrogen-bond acceptors (Lipinski definition) is 4. The minimum atomic E-state index is -0.122. The smallest absolute Gasteiger partial charge is 0.263 e. The molecule has 128 valence electrons. The molecule has 5 rings (SSSR count). The molecule has 25 heavy (non-hydrogen) atoms. The fourth-order valence-electron chi connectivity index (χ4n) is 3.70. The summed E-state index contributed by atoms with van der Waals surface area (Å²) in [6.07, 6.45) is 5.53. The second kappa shape index (κ2) is 5.18. The lowest BCUT2D eigenvalue weighted by Crippen LogP contribution is -2.39. The van der Waals surface area contributed by atoms with Crippen molar-refractivity contribution in [3.05, 3.63) is 45.4 Å². The van der Waals surface area contributed by atoms with Crippen LogP contribution in [0.3, 0.4) is 0 Å². The summed E-state index contributed by atoms with van der Waals surface area (Å²) in [6, 6.07) is 4.52. The van der Waals surface area contributed by atoms with Gasteiger partial charge in [-0.1, -0.05) is 12.1 Å². The lowest BCUT2D eigenvalue weighted by atomic mass is 10.0. The van der Waals surface area contributed by atoms with Gasteiger partial charge in [-0.2, -0.15) is 4.98 Å². The van der Waals surface area contributed by atoms with Crippen LogP contribution in [0.1, 0.15) is 41.9 Å². The van der Waals surface area contributed by atoms with Crippen molar-refractivity contribution in [3.8, 4) is 5.69 Å². The summed E-state index contributed by atoms with van der Waals surface area (Å²) < 4.78 is 1.81. The summed E-state index contributed by atoms with van der Waals surface area (Å²) in [7, 11) is 0. The van der Waals surface area contributed by atoms with E-state index in [4.69, 9.17) is 0 Å². The highest BCUT2D eigenvalue weighted by molar-refractivity contribution is 5.75. The van der Waals surface area contributed by atoms with Crippen LogP contribution in [0.15, 0.2) is 23.1 Å². The van der Waals surface area contributed by atoms with Gasteiger partial charge in [0.25, 0.3) is 5.56 Å². The lowest BCUT2D eigenvalue weighted by molar-refractivity contribution is 0.600. The third-order valence-electron chi connectivity index (χ3n) is 5.32. The number of rotatable bonds is 3. The second-order valence-electron chi connectivity index (χ2n) is 7.32. The van der Waals surface area contributed by atoms with Crippen molar-refractivity contribution < 1.29 is 0 Å². The van der Waals surface area contributed by atoms with E-state index < -0.39 is 0 Å². The average Bonchev–Trinajstić information content (AvgIpc) is 3.26. The van der Waals surface area contributed by atoms with E-state index in [-0.39, 0.29) is 5.56 Å². The minimum Gasteiger partial charge on any atom is -0.342 e. The first kappa shape index (κ1) is 14.7. The van der Waals surface area contributed by atoms with Crippen molar-refractivity contribution in [2.75, 3.05) is 18.0 Å². The molecule has 0 atom stereocenters. The molecule has 1 aromatic carbocycles. The van der Waals surface area contributed by atoms with Gasteiger partial charge in [0.05, 0.1) is 5.69 Å². The van der Waals surface area contributed by atoms with E-state index in [9.17, 15) is 4.79 Å². The van der Waals surface area contributed by atoms with Crippen LogP contribution in [0.5, 0.6) is 0 Å². The summed E-state index contributed by atoms with van der Waals surface area (Å²) >= 11 is 0. The summed E-state index contributed by atoms with van der Waals surface area (Å²) in [4.78, 5) is 21.9. The first-order chi connectivity index (χ1) is 12.1. The summed E-state index contributed by atoms with van der Waals surface area (Å²) in [5.74, 6) is 1.36. The Morgan fingerprint density at radius 2 is 1.88 bits per heavy atom. The third kappa shape index (κ3) is 2.35. The van der Waals surface area contributed by atoms with Gasteiger partial charge in [-0.15, -0.1) is 5.10 Å². The van der Waals surface area contributed by atoms with Crippen LogP contribution < -0.4 is 10.5 Å². The topological polar surface area (TPSA) is 66.8 Å². The molecule has 0 amide bonds. The largest absolute Gasteiger partial charge is 0.342 e. The average molecular weight is 335 g/mol. The molecule has 6 heteroatoms. The van der Waals surface area contributed by atoms with Crippen molar-refractivity contribution in [1.82, 2.24) is 19.7 Å². The number of nitrogens with zero attached hydrogens (tertiary/aromatic N) is 4. The quantitative estimate of drug-likeness (QED) is 0.799. The van der Waals surface area contributed by atoms with Gasteiger partial charge in [-0.25, -0.2) is 4.68 Å². The zero-order chi connectivity index (χ0) is 17.1. The Balaban J connectivity index is 1.63. The number of nitrogens with one attached hydrogen (secondary N) is 1. The number of aromatic amines is 1. The van der Waals surface area contributed by atoms with E-state index in [1.54, 1.807) is 6.20 Å². The molecule has 3 heterocycles. The van der Waals surface area contributed by atoms with Crippen LogP contribution in [0.2, 0.25) is 0 Å². The van der Waals surface area contributed by atoms with Gasteiger partial charge in [0, 0.05) is 19.3 Å². The predicted octanol–water partition coefficient (Wildman–Crippen LogP) is 2.81. The maximum absolute atomic E-state index is 12.4. The van der Waals surface area contributed by atoms with Crippen LogP contribution in [0.25, 0.3) is 16.7 Å². The van der Waals surface area contributed by atoms with Crippen molar-refractivity contribution in [1.29, 1.82) is 0 Å². The fraction of sp³-hybridized carbons (Fsp3) is 0.421. The molecule has 1 N–H and O–H groups in total. The zero-order valence-corrected chi connectivity index (χ0v) is 14.5. The highest BCUT2D eigenvalue weighted by atomic mass is 16.1. The van der Waals surface area contributed by atoms with E-state index in [0.717, 1.165) is 31.1 Å². The normalized spacial score (nSPS) is 17.1. The molecule has 1 saturated heterocycles. The number of aryl methyl sites for hydroxylation is 2. The molecule has 3 aromatic rings. The lowest BCUT2D eigenvalue weighted by Gasteiger charge is -2.30. The number of anilines is 1. The van der Waals surface area contributed by atoms with E-state index in [1.165, 1.54) is 29.5 Å². The van der Waals surface area contributed by atoms with Crippen LogP contribution in [0.4, 0.5) is 5.95 Å². The van der Waals surface area contributed by atoms with Crippen molar-refractivity contribution >= 4 is 17.0 Å². The highest BCUT2D eigenvalue weighted by Gasteiger charge is 2.25. The maximum atomic E-state index is 12.4. The molecule has 2 aromatic heterocycles. The molecule has 0 radical (unpaired) electrons. The molecular formula is C19H21N5O. The Morgan fingerprint density at radius 3 is 2.48 bits per heavy atom. The molecule has 0 bridgehead atoms. The molecule has 0 unspecified atom stereocenters. The van der Waals surface area contributed by atoms with Crippen molar-refractivity contribution in [2.45, 2.75) is 39.0 Å². The van der Waals surface area contributed by atoms with E-state index in [0.29, 0.717) is 17.0 Å². The molecule has 1 saturated carbocycles. The van der Waals surface area contributed by atoms with Crippen LogP contribution in [-0.4, -0.2) is 32.8 Å². The number of benzene rings is 1. The third-order valence-corrected chi connectivity index (χ3v) is 5.32. The van der Waals surface area contributed by atoms with Crippen LogP contribution in [-0.2, 0) is 0 Å². The van der Waals surface area contributed by atoms with Crippen molar-refractivity contribution in [3.63, 3.8) is 0 Å². The number of hydrogen-bond donors (Lipinski definition) is 1. The molecule has 1 aliphatic carbocycles. The van der Waals surface area contributed by atoms with Gasteiger partial charge in [-0.3, -0.25) is 9.78 Å². The summed E-state index contributed by atoms with van der Waals surface area (Å²) in [5, 5.41) is 5.15. The van der Waals surface area contributed by atoms with E-state index in [2.05, 4.69) is 45.9 Å². The van der Waals surface area contributed by atoms with E-state index >= 15 is 0 Å². The van der Waals surface area contributed by atoms with Gasteiger partial charge < -0.3 is 4.90 Å². The van der Waals surface area contributed by atoms with Crippen LogP contribution in [0, 0.1) is 13.8 Å². The summed E-state index contributed by atoms with van der Waals surface area (Å²) in [5.41, 5.74) is 5.24. The Bertz CT molecular complexity index is 1020. The SMILES string of the molecule is Cc1cc(C2CC2)cc(C)c1-n1cc2c(=O)[nH]c(N3CCC3)nc2n1. The van der Waals surface area contributed by atoms with Gasteiger partial charge in [-0.05, 0) is 55.7 Å². The van der Waals surface area contributed by atoms with Gasteiger partial charge >= 0.3 is 0 Å². The molecule has 6 nitrogen and oxygen atoms in total. The Morgan fingerprint density at radius 1 is 1.16 bits per heavy atom. The van der Waals surface area contributed by atoms with Gasteiger partial charge in [0.2, 0.25) is 5.95 Å². The fourth-order valence-corrected chi connectivity index (χ4v) is 3.70. The first-order valence-electron chi connectivity index (χ1n) is 8.96. The number of fused-ring (bicyclic) bond motifs is 1. The minimum absolute atomic E-state index is 0.122. The van der Waals surface area contributed by atoms with Gasteiger partial charge in [0.1, 0.15) is 5.39 Å². The molecule has 2 aliphatic rings. The Kier molecular flexibility index (Phi) is 3.04. The first-order valence-corrected chi connectivity index (χ1v) is 8.96. The zero-order valence-electron chi connectivity index (χ0n) is 14.5. The van der Waals surface area contributed by atoms with Crippen molar-refractivity contribution in [2.24, 2.45) is 0 Å². The van der Waals surface area contributed by atoms with Gasteiger partial charge in [0.15, 0.2) is 5.65 Å². The Labute approximate surface area is 145 Å². The number of H-pyrrole nitrogens is 1. The molecule has 2 fully saturated rings.